The summed E-state index contributed by atoms with van der Waals surface area (Å²) in [5, 5.41) is 0. The van der Waals surface area contributed by atoms with Gasteiger partial charge in [0.05, 0.1) is 12.2 Å². The molecule has 2 aromatic rings. The molecule has 0 radical (unpaired) electrons. The Labute approximate surface area is 142 Å². The number of para-hydroxylation sites is 1. The lowest BCUT2D eigenvalue weighted by atomic mass is 10.0. The minimum Gasteiger partial charge on any atom is -0.311 e. The molecule has 0 fully saturated rings. The molecule has 4 rings (SSSR count). The van der Waals surface area contributed by atoms with E-state index in [0.29, 0.717) is 6.54 Å². The Hall–Kier alpha value is -2.27. The first-order valence-electron chi connectivity index (χ1n) is 8.63. The van der Waals surface area contributed by atoms with Crippen LogP contribution in [-0.2, 0) is 24.2 Å². The van der Waals surface area contributed by atoms with Crippen molar-refractivity contribution in [3.05, 3.63) is 53.1 Å². The molecule has 1 aromatic carbocycles. The highest BCUT2D eigenvalue weighted by atomic mass is 16.2. The summed E-state index contributed by atoms with van der Waals surface area (Å²) in [6.45, 7) is 4.81. The van der Waals surface area contributed by atoms with Crippen molar-refractivity contribution in [3.8, 4) is 0 Å². The van der Waals surface area contributed by atoms with Gasteiger partial charge in [0.1, 0.15) is 5.82 Å². The summed E-state index contributed by atoms with van der Waals surface area (Å²) in [4.78, 5) is 25.8. The molecule has 24 heavy (non-hydrogen) atoms. The predicted octanol–water partition coefficient (Wildman–Crippen LogP) is 2.12. The summed E-state index contributed by atoms with van der Waals surface area (Å²) in [5.74, 6) is 0.989. The van der Waals surface area contributed by atoms with Crippen LogP contribution < -0.4 is 4.90 Å². The van der Waals surface area contributed by atoms with Crippen LogP contribution in [0.4, 0.5) is 5.69 Å². The monoisotopic (exact) mass is 322 g/mol. The van der Waals surface area contributed by atoms with E-state index in [1.807, 2.05) is 24.1 Å². The van der Waals surface area contributed by atoms with E-state index < -0.39 is 0 Å². The van der Waals surface area contributed by atoms with Crippen LogP contribution in [0.5, 0.6) is 0 Å². The average molecular weight is 322 g/mol. The standard InChI is InChI=1S/C19H22N4O/c1-14-20-11-16-8-10-22(12-17(16)21-14)13-19(24)23-9-4-6-15-5-2-3-7-18(15)23/h2-3,5,7,11H,4,6,8-10,12-13H2,1H3. The molecule has 0 spiro atoms. The smallest absolute Gasteiger partial charge is 0.241 e. The molecule has 3 heterocycles. The van der Waals surface area contributed by atoms with Gasteiger partial charge in [0.15, 0.2) is 0 Å². The molecular weight excluding hydrogens is 300 g/mol. The van der Waals surface area contributed by atoms with Crippen LogP contribution in [0.15, 0.2) is 30.5 Å². The first-order valence-corrected chi connectivity index (χ1v) is 8.63. The Morgan fingerprint density at radius 3 is 2.96 bits per heavy atom. The molecular formula is C19H22N4O. The molecule has 2 aliphatic heterocycles. The summed E-state index contributed by atoms with van der Waals surface area (Å²) in [6, 6.07) is 8.26. The molecule has 0 unspecified atom stereocenters. The van der Waals surface area contributed by atoms with E-state index in [1.54, 1.807) is 0 Å². The lowest BCUT2D eigenvalue weighted by Crippen LogP contribution is -2.44. The second-order valence-corrected chi connectivity index (χ2v) is 6.63. The van der Waals surface area contributed by atoms with Crippen molar-refractivity contribution in [2.45, 2.75) is 32.7 Å². The predicted molar refractivity (Wildman–Crippen MR) is 92.9 cm³/mol. The molecule has 5 heteroatoms. The third kappa shape index (κ3) is 2.91. The fraction of sp³-hybridized carbons (Fsp3) is 0.421. The zero-order chi connectivity index (χ0) is 16.5. The van der Waals surface area contributed by atoms with Gasteiger partial charge in [0, 0.05) is 31.5 Å². The third-order valence-electron chi connectivity index (χ3n) is 4.92. The summed E-state index contributed by atoms with van der Waals surface area (Å²) in [5.41, 5.74) is 4.65. The van der Waals surface area contributed by atoms with Crippen LogP contribution >= 0.6 is 0 Å². The molecule has 124 valence electrons. The molecule has 1 amide bonds. The Kier molecular flexibility index (Phi) is 4.02. The first-order chi connectivity index (χ1) is 11.7. The SMILES string of the molecule is Cc1ncc2c(n1)CN(CC(=O)N1CCCc3ccccc31)CC2. The number of hydrogen-bond acceptors (Lipinski definition) is 4. The van der Waals surface area contributed by atoms with Gasteiger partial charge >= 0.3 is 0 Å². The minimum atomic E-state index is 0.191. The van der Waals surface area contributed by atoms with E-state index in [1.165, 1.54) is 11.1 Å². The van der Waals surface area contributed by atoms with Gasteiger partial charge in [-0.3, -0.25) is 9.69 Å². The number of nitrogens with zero attached hydrogens (tertiary/aromatic N) is 4. The number of fused-ring (bicyclic) bond motifs is 2. The topological polar surface area (TPSA) is 49.3 Å². The minimum absolute atomic E-state index is 0.191. The quantitative estimate of drug-likeness (QED) is 0.850. The van der Waals surface area contributed by atoms with Gasteiger partial charge in [-0.05, 0) is 43.4 Å². The van der Waals surface area contributed by atoms with Crippen molar-refractivity contribution < 1.29 is 4.79 Å². The molecule has 0 N–H and O–H groups in total. The van der Waals surface area contributed by atoms with E-state index in [2.05, 4.69) is 33.1 Å². The average Bonchev–Trinajstić information content (AvgIpc) is 2.61. The van der Waals surface area contributed by atoms with Crippen LogP contribution in [0.25, 0.3) is 0 Å². The van der Waals surface area contributed by atoms with Gasteiger partial charge in [-0.25, -0.2) is 9.97 Å². The summed E-state index contributed by atoms with van der Waals surface area (Å²) < 4.78 is 0. The molecule has 1 aromatic heterocycles. The van der Waals surface area contributed by atoms with Crippen molar-refractivity contribution >= 4 is 11.6 Å². The number of benzene rings is 1. The zero-order valence-corrected chi connectivity index (χ0v) is 14.0. The second-order valence-electron chi connectivity index (χ2n) is 6.63. The molecule has 0 bridgehead atoms. The maximum absolute atomic E-state index is 12.9. The number of carbonyl (C=O) groups is 1. The lowest BCUT2D eigenvalue weighted by molar-refractivity contribution is -0.120. The molecule has 5 nitrogen and oxygen atoms in total. The molecule has 0 saturated heterocycles. The van der Waals surface area contributed by atoms with Crippen molar-refractivity contribution in [1.29, 1.82) is 0 Å². The number of carbonyl (C=O) groups excluding carboxylic acids is 1. The normalized spacial score (nSPS) is 17.3. The summed E-state index contributed by atoms with van der Waals surface area (Å²) in [6.07, 6.45) is 4.95. The maximum Gasteiger partial charge on any atom is 0.241 e. The number of hydrogen-bond donors (Lipinski definition) is 0. The number of aromatic nitrogens is 2. The summed E-state index contributed by atoms with van der Waals surface area (Å²) in [7, 11) is 0. The fourth-order valence-corrected chi connectivity index (χ4v) is 3.66. The third-order valence-corrected chi connectivity index (χ3v) is 4.92. The fourth-order valence-electron chi connectivity index (χ4n) is 3.66. The number of rotatable bonds is 2. The van der Waals surface area contributed by atoms with Gasteiger partial charge in [0.2, 0.25) is 5.91 Å². The van der Waals surface area contributed by atoms with E-state index in [-0.39, 0.29) is 5.91 Å². The number of anilines is 1. The first kappa shape index (κ1) is 15.3. The van der Waals surface area contributed by atoms with E-state index in [0.717, 1.165) is 56.1 Å². The zero-order valence-electron chi connectivity index (χ0n) is 14.0. The van der Waals surface area contributed by atoms with Crippen LogP contribution in [0.1, 0.15) is 29.1 Å². The van der Waals surface area contributed by atoms with Crippen molar-refractivity contribution in [2.24, 2.45) is 0 Å². The Morgan fingerprint density at radius 1 is 1.17 bits per heavy atom. The van der Waals surface area contributed by atoms with Crippen LogP contribution in [-0.4, -0.2) is 40.4 Å². The van der Waals surface area contributed by atoms with E-state index in [4.69, 9.17) is 0 Å². The van der Waals surface area contributed by atoms with Crippen molar-refractivity contribution in [1.82, 2.24) is 14.9 Å². The maximum atomic E-state index is 12.9. The highest BCUT2D eigenvalue weighted by Crippen LogP contribution is 2.27. The van der Waals surface area contributed by atoms with Crippen molar-refractivity contribution in [2.75, 3.05) is 24.5 Å². The highest BCUT2D eigenvalue weighted by Gasteiger charge is 2.26. The van der Waals surface area contributed by atoms with E-state index >= 15 is 0 Å². The second kappa shape index (κ2) is 6.32. The molecule has 0 atom stereocenters. The molecule has 2 aliphatic rings. The van der Waals surface area contributed by atoms with Crippen LogP contribution in [0.3, 0.4) is 0 Å². The summed E-state index contributed by atoms with van der Waals surface area (Å²) >= 11 is 0. The van der Waals surface area contributed by atoms with Gasteiger partial charge in [-0.15, -0.1) is 0 Å². The Morgan fingerprint density at radius 2 is 2.04 bits per heavy atom. The van der Waals surface area contributed by atoms with Crippen LogP contribution in [0, 0.1) is 6.92 Å². The Bertz CT molecular complexity index is 774. The highest BCUT2D eigenvalue weighted by molar-refractivity contribution is 5.95. The molecule has 0 saturated carbocycles. The Balaban J connectivity index is 1.48. The number of aryl methyl sites for hydroxylation is 2. The lowest BCUT2D eigenvalue weighted by Gasteiger charge is -2.33. The number of amides is 1. The van der Waals surface area contributed by atoms with Crippen LogP contribution in [0.2, 0.25) is 0 Å². The van der Waals surface area contributed by atoms with Gasteiger partial charge in [-0.2, -0.15) is 0 Å². The van der Waals surface area contributed by atoms with E-state index in [9.17, 15) is 4.79 Å². The van der Waals surface area contributed by atoms with Gasteiger partial charge < -0.3 is 4.90 Å². The molecule has 0 aliphatic carbocycles. The van der Waals surface area contributed by atoms with Gasteiger partial charge in [-0.1, -0.05) is 18.2 Å². The van der Waals surface area contributed by atoms with Crippen molar-refractivity contribution in [3.63, 3.8) is 0 Å². The largest absolute Gasteiger partial charge is 0.311 e. The van der Waals surface area contributed by atoms with Gasteiger partial charge in [0.25, 0.3) is 0 Å².